The maximum atomic E-state index is 5.81. The highest BCUT2D eigenvalue weighted by Gasteiger charge is 2.20. The molecule has 3 rings (SSSR count). The summed E-state index contributed by atoms with van der Waals surface area (Å²) < 4.78 is 16.5. The summed E-state index contributed by atoms with van der Waals surface area (Å²) in [5.41, 5.74) is 1.20. The highest BCUT2D eigenvalue weighted by atomic mass is 16.5. The number of furan rings is 1. The van der Waals surface area contributed by atoms with E-state index in [1.807, 2.05) is 30.3 Å². The van der Waals surface area contributed by atoms with Crippen molar-refractivity contribution < 1.29 is 13.9 Å². The van der Waals surface area contributed by atoms with Crippen molar-refractivity contribution in [1.29, 1.82) is 0 Å². The van der Waals surface area contributed by atoms with Crippen LogP contribution in [-0.2, 0) is 17.9 Å². The molecular weight excluding hydrogens is 266 g/mol. The van der Waals surface area contributed by atoms with Gasteiger partial charge in [0, 0.05) is 18.2 Å². The van der Waals surface area contributed by atoms with Crippen LogP contribution in [0.5, 0.6) is 5.75 Å². The van der Waals surface area contributed by atoms with Crippen LogP contribution >= 0.6 is 0 Å². The fourth-order valence-corrected chi connectivity index (χ4v) is 2.11. The van der Waals surface area contributed by atoms with Gasteiger partial charge in [0.2, 0.25) is 0 Å². The van der Waals surface area contributed by atoms with Gasteiger partial charge in [-0.15, -0.1) is 0 Å². The van der Waals surface area contributed by atoms with Gasteiger partial charge in [0.05, 0.1) is 12.9 Å². The fraction of sp³-hybridized carbons (Fsp3) is 0.412. The molecule has 4 heteroatoms. The first-order valence-corrected chi connectivity index (χ1v) is 7.46. The van der Waals surface area contributed by atoms with E-state index in [4.69, 9.17) is 13.9 Å². The van der Waals surface area contributed by atoms with E-state index in [1.165, 1.54) is 18.4 Å². The van der Waals surface area contributed by atoms with E-state index >= 15 is 0 Å². The van der Waals surface area contributed by atoms with Crippen LogP contribution in [0, 0.1) is 0 Å². The first-order valence-electron chi connectivity index (χ1n) is 7.46. The van der Waals surface area contributed by atoms with Crippen LogP contribution in [0.4, 0.5) is 0 Å². The van der Waals surface area contributed by atoms with Gasteiger partial charge < -0.3 is 19.2 Å². The minimum Gasteiger partial charge on any atom is -0.491 e. The molecule has 0 saturated heterocycles. The van der Waals surface area contributed by atoms with Crippen molar-refractivity contribution in [3.8, 4) is 5.75 Å². The molecule has 0 unspecified atom stereocenters. The zero-order valence-corrected chi connectivity index (χ0v) is 12.1. The molecule has 1 heterocycles. The largest absolute Gasteiger partial charge is 0.491 e. The van der Waals surface area contributed by atoms with E-state index in [-0.39, 0.29) is 0 Å². The van der Waals surface area contributed by atoms with Gasteiger partial charge in [-0.25, -0.2) is 0 Å². The lowest BCUT2D eigenvalue weighted by Crippen LogP contribution is -2.16. The maximum absolute atomic E-state index is 5.81. The number of para-hydroxylation sites is 1. The minimum atomic E-state index is 0.487. The predicted octanol–water partition coefficient (Wildman–Crippen LogP) is 3.13. The lowest BCUT2D eigenvalue weighted by molar-refractivity contribution is 0.0778. The smallest absolute Gasteiger partial charge is 0.129 e. The van der Waals surface area contributed by atoms with Gasteiger partial charge in [0.1, 0.15) is 24.7 Å². The molecule has 1 aromatic heterocycles. The molecule has 0 atom stereocenters. The molecule has 0 bridgehead atoms. The van der Waals surface area contributed by atoms with Crippen LogP contribution in [0.25, 0.3) is 0 Å². The second-order valence-electron chi connectivity index (χ2n) is 5.24. The van der Waals surface area contributed by atoms with E-state index < -0.39 is 0 Å². The Morgan fingerprint density at radius 2 is 2.00 bits per heavy atom. The van der Waals surface area contributed by atoms with Crippen molar-refractivity contribution in [2.45, 2.75) is 32.0 Å². The molecule has 0 aliphatic heterocycles. The first kappa shape index (κ1) is 14.2. The lowest BCUT2D eigenvalue weighted by atomic mass is 10.2. The Balaban J connectivity index is 1.39. The van der Waals surface area contributed by atoms with Gasteiger partial charge >= 0.3 is 0 Å². The van der Waals surface area contributed by atoms with E-state index in [1.54, 1.807) is 6.26 Å². The van der Waals surface area contributed by atoms with Crippen molar-refractivity contribution in [3.05, 3.63) is 54.0 Å². The molecule has 1 aliphatic rings. The topological polar surface area (TPSA) is 43.6 Å². The van der Waals surface area contributed by atoms with Crippen LogP contribution in [-0.4, -0.2) is 19.3 Å². The summed E-state index contributed by atoms with van der Waals surface area (Å²) in [6.07, 6.45) is 4.24. The predicted molar refractivity (Wildman–Crippen MR) is 80.2 cm³/mol. The van der Waals surface area contributed by atoms with E-state index in [0.717, 1.165) is 18.1 Å². The van der Waals surface area contributed by atoms with E-state index in [2.05, 4.69) is 11.4 Å². The highest BCUT2D eigenvalue weighted by molar-refractivity contribution is 5.33. The average molecular weight is 287 g/mol. The third kappa shape index (κ3) is 4.62. The standard InChI is InChI=1S/C17H21NO3/c1-2-6-17(14(4-1)12-18-15-7-8-15)21-11-10-19-13-16-5-3-9-20-16/h1-6,9,15,18H,7-8,10-13H2. The normalized spacial score (nSPS) is 14.3. The zero-order chi connectivity index (χ0) is 14.3. The number of rotatable bonds is 9. The molecule has 1 N–H and O–H groups in total. The molecule has 1 aliphatic carbocycles. The molecule has 112 valence electrons. The molecule has 0 radical (unpaired) electrons. The Morgan fingerprint density at radius 1 is 1.10 bits per heavy atom. The van der Waals surface area contributed by atoms with Crippen molar-refractivity contribution in [2.24, 2.45) is 0 Å². The van der Waals surface area contributed by atoms with Crippen LogP contribution in [0.3, 0.4) is 0 Å². The Bertz CT molecular complexity index is 535. The van der Waals surface area contributed by atoms with Crippen LogP contribution in [0.15, 0.2) is 47.1 Å². The van der Waals surface area contributed by atoms with Gasteiger partial charge in [-0.3, -0.25) is 0 Å². The van der Waals surface area contributed by atoms with Crippen molar-refractivity contribution in [3.63, 3.8) is 0 Å². The zero-order valence-electron chi connectivity index (χ0n) is 12.1. The first-order chi connectivity index (χ1) is 10.4. The van der Waals surface area contributed by atoms with Crippen molar-refractivity contribution in [1.82, 2.24) is 5.32 Å². The monoisotopic (exact) mass is 287 g/mol. The number of hydrogen-bond acceptors (Lipinski definition) is 4. The number of benzene rings is 1. The van der Waals surface area contributed by atoms with Crippen LogP contribution < -0.4 is 10.1 Å². The van der Waals surface area contributed by atoms with Crippen LogP contribution in [0.2, 0.25) is 0 Å². The van der Waals surface area contributed by atoms with Crippen molar-refractivity contribution in [2.75, 3.05) is 13.2 Å². The van der Waals surface area contributed by atoms with Gasteiger partial charge in [0.25, 0.3) is 0 Å². The van der Waals surface area contributed by atoms with Gasteiger partial charge in [-0.1, -0.05) is 18.2 Å². The Kier molecular flexibility index (Phi) is 4.92. The minimum absolute atomic E-state index is 0.487. The second-order valence-corrected chi connectivity index (χ2v) is 5.24. The molecule has 1 fully saturated rings. The third-order valence-corrected chi connectivity index (χ3v) is 3.44. The molecule has 21 heavy (non-hydrogen) atoms. The van der Waals surface area contributed by atoms with Gasteiger partial charge in [-0.2, -0.15) is 0 Å². The summed E-state index contributed by atoms with van der Waals surface area (Å²) in [6, 6.07) is 12.6. The number of ether oxygens (including phenoxy) is 2. The number of hydrogen-bond donors (Lipinski definition) is 1. The van der Waals surface area contributed by atoms with Gasteiger partial charge in [0.15, 0.2) is 0 Å². The van der Waals surface area contributed by atoms with Crippen LogP contribution in [0.1, 0.15) is 24.2 Å². The summed E-state index contributed by atoms with van der Waals surface area (Å²) >= 11 is 0. The average Bonchev–Trinajstić information content (AvgIpc) is 3.20. The van der Waals surface area contributed by atoms with Gasteiger partial charge in [-0.05, 0) is 31.0 Å². The SMILES string of the molecule is c1coc(COCCOc2ccccc2CNC2CC2)c1. The molecule has 2 aromatic rings. The third-order valence-electron chi connectivity index (χ3n) is 3.44. The summed E-state index contributed by atoms with van der Waals surface area (Å²) in [7, 11) is 0. The summed E-state index contributed by atoms with van der Waals surface area (Å²) in [5.74, 6) is 1.77. The summed E-state index contributed by atoms with van der Waals surface area (Å²) in [4.78, 5) is 0. The summed E-state index contributed by atoms with van der Waals surface area (Å²) in [6.45, 7) is 2.45. The second kappa shape index (κ2) is 7.29. The number of nitrogens with one attached hydrogen (secondary N) is 1. The quantitative estimate of drug-likeness (QED) is 0.720. The lowest BCUT2D eigenvalue weighted by Gasteiger charge is -2.12. The molecule has 0 amide bonds. The molecule has 4 nitrogen and oxygen atoms in total. The van der Waals surface area contributed by atoms with E-state index in [9.17, 15) is 0 Å². The fourth-order valence-electron chi connectivity index (χ4n) is 2.11. The molecular formula is C17H21NO3. The molecule has 1 saturated carbocycles. The van der Waals surface area contributed by atoms with E-state index in [0.29, 0.717) is 25.9 Å². The summed E-state index contributed by atoms with van der Waals surface area (Å²) in [5, 5.41) is 3.51. The highest BCUT2D eigenvalue weighted by Crippen LogP contribution is 2.22. The Labute approximate surface area is 125 Å². The maximum Gasteiger partial charge on any atom is 0.129 e. The molecule has 1 aromatic carbocycles. The Morgan fingerprint density at radius 3 is 2.81 bits per heavy atom. The molecule has 0 spiro atoms. The van der Waals surface area contributed by atoms with Crippen molar-refractivity contribution >= 4 is 0 Å². The Hall–Kier alpha value is -1.78.